The van der Waals surface area contributed by atoms with Gasteiger partial charge in [-0.2, -0.15) is 0 Å². The van der Waals surface area contributed by atoms with Crippen LogP contribution in [0.3, 0.4) is 0 Å². The molecule has 0 aromatic heterocycles. The molecule has 328 valence electrons. The van der Waals surface area contributed by atoms with Crippen LogP contribution in [0.25, 0.3) is 0 Å². The van der Waals surface area contributed by atoms with Gasteiger partial charge in [0.15, 0.2) is 6.29 Å². The quantitative estimate of drug-likeness (QED) is 0.0337. The molecule has 1 aliphatic rings. The third kappa shape index (κ3) is 28.3. The van der Waals surface area contributed by atoms with E-state index in [9.17, 15) is 30.3 Å². The van der Waals surface area contributed by atoms with E-state index in [0.717, 1.165) is 38.5 Å². The Morgan fingerprint density at radius 2 is 0.909 bits per heavy atom. The molecule has 0 radical (unpaired) electrons. The van der Waals surface area contributed by atoms with Crippen LogP contribution in [0.1, 0.15) is 232 Å². The summed E-state index contributed by atoms with van der Waals surface area (Å²) in [6.07, 6.45) is 33.9. The summed E-state index contributed by atoms with van der Waals surface area (Å²) in [6.45, 7) is 3.85. The Balaban J connectivity index is 2.30. The number of rotatable bonds is 40. The molecule has 1 amide bonds. The molecule has 0 bridgehead atoms. The monoisotopic (exact) mass is 786 g/mol. The highest BCUT2D eigenvalue weighted by molar-refractivity contribution is 5.76. The van der Waals surface area contributed by atoms with Crippen LogP contribution in [0.2, 0.25) is 0 Å². The van der Waals surface area contributed by atoms with E-state index < -0.39 is 49.5 Å². The van der Waals surface area contributed by atoms with Crippen LogP contribution in [-0.4, -0.2) is 87.5 Å². The summed E-state index contributed by atoms with van der Waals surface area (Å²) in [5, 5.41) is 54.4. The third-order valence-corrected chi connectivity index (χ3v) is 11.7. The molecule has 6 N–H and O–H groups in total. The lowest BCUT2D eigenvalue weighted by Crippen LogP contribution is -2.60. The normalized spacial score (nSPS) is 21.2. The number of unbranched alkanes of at least 4 members (excludes halogenated alkanes) is 30. The molecule has 7 atom stereocenters. The topological polar surface area (TPSA) is 149 Å². The second kappa shape index (κ2) is 37.5. The van der Waals surface area contributed by atoms with Crippen LogP contribution in [0.5, 0.6) is 0 Å². The highest BCUT2D eigenvalue weighted by atomic mass is 16.7. The summed E-state index contributed by atoms with van der Waals surface area (Å²) in [6, 6.07) is -0.711. The van der Waals surface area contributed by atoms with Crippen molar-refractivity contribution in [2.45, 2.75) is 275 Å². The van der Waals surface area contributed by atoms with Gasteiger partial charge in [0.25, 0.3) is 0 Å². The van der Waals surface area contributed by atoms with E-state index in [0.29, 0.717) is 12.8 Å². The van der Waals surface area contributed by atoms with Crippen LogP contribution in [0.15, 0.2) is 0 Å². The molecule has 1 fully saturated rings. The van der Waals surface area contributed by atoms with E-state index in [1.54, 1.807) is 0 Å². The lowest BCUT2D eigenvalue weighted by atomic mass is 9.99. The summed E-state index contributed by atoms with van der Waals surface area (Å²) >= 11 is 0. The summed E-state index contributed by atoms with van der Waals surface area (Å²) in [4.78, 5) is 13.0. The number of aliphatic hydroxyl groups is 5. The number of carbonyl (C=O) groups excluding carboxylic acids is 1. The van der Waals surface area contributed by atoms with Gasteiger partial charge in [0.1, 0.15) is 24.4 Å². The number of ether oxygens (including phenoxy) is 2. The van der Waals surface area contributed by atoms with Crippen LogP contribution < -0.4 is 5.32 Å². The van der Waals surface area contributed by atoms with Gasteiger partial charge in [-0.1, -0.05) is 213 Å². The molecule has 1 saturated heterocycles. The predicted octanol–water partition coefficient (Wildman–Crippen LogP) is 9.95. The second-order valence-electron chi connectivity index (χ2n) is 16.9. The van der Waals surface area contributed by atoms with Crippen molar-refractivity contribution in [3.63, 3.8) is 0 Å². The van der Waals surface area contributed by atoms with Gasteiger partial charge < -0.3 is 40.3 Å². The van der Waals surface area contributed by atoms with Gasteiger partial charge in [-0.15, -0.1) is 0 Å². The molecule has 0 aromatic rings. The molecule has 9 nitrogen and oxygen atoms in total. The fourth-order valence-electron chi connectivity index (χ4n) is 7.87. The highest BCUT2D eigenvalue weighted by Crippen LogP contribution is 2.23. The zero-order valence-corrected chi connectivity index (χ0v) is 36.0. The number of carbonyl (C=O) groups is 1. The van der Waals surface area contributed by atoms with E-state index in [1.807, 2.05) is 0 Å². The maximum Gasteiger partial charge on any atom is 0.220 e. The zero-order valence-electron chi connectivity index (χ0n) is 36.0. The standard InChI is InChI=1S/C46H91NO8/c1-3-5-7-9-11-13-15-17-19-21-23-25-27-29-31-33-35-40(49)39(38-54-46-45(53)44(52)43(51)41(37-48)55-46)47-42(50)36-34-32-30-28-26-24-22-20-18-16-14-12-10-8-6-4-2/h39-41,43-46,48-49,51-53H,3-38H2,1-2H3,(H,47,50). The third-order valence-electron chi connectivity index (χ3n) is 11.7. The van der Waals surface area contributed by atoms with E-state index in [-0.39, 0.29) is 12.5 Å². The Bertz CT molecular complexity index is 832. The predicted molar refractivity (Wildman–Crippen MR) is 226 cm³/mol. The van der Waals surface area contributed by atoms with Crippen molar-refractivity contribution in [2.75, 3.05) is 13.2 Å². The lowest BCUT2D eigenvalue weighted by molar-refractivity contribution is -0.302. The molecule has 7 unspecified atom stereocenters. The second-order valence-corrected chi connectivity index (χ2v) is 16.9. The number of hydrogen-bond donors (Lipinski definition) is 6. The fraction of sp³-hybridized carbons (Fsp3) is 0.978. The molecule has 0 aromatic carbocycles. The Morgan fingerprint density at radius 1 is 0.545 bits per heavy atom. The van der Waals surface area contributed by atoms with Crippen molar-refractivity contribution in [2.24, 2.45) is 0 Å². The first kappa shape index (κ1) is 52.2. The first-order valence-electron chi connectivity index (χ1n) is 23.7. The number of aliphatic hydroxyl groups excluding tert-OH is 5. The van der Waals surface area contributed by atoms with Gasteiger partial charge in [0.05, 0.1) is 25.4 Å². The maximum atomic E-state index is 13.0. The molecule has 1 rings (SSSR count). The molecule has 9 heteroatoms. The van der Waals surface area contributed by atoms with Gasteiger partial charge in [-0.3, -0.25) is 4.79 Å². The summed E-state index contributed by atoms with van der Waals surface area (Å²) in [7, 11) is 0. The minimum Gasteiger partial charge on any atom is -0.394 e. The molecular formula is C46H91NO8. The molecule has 0 saturated carbocycles. The van der Waals surface area contributed by atoms with Gasteiger partial charge in [0.2, 0.25) is 5.91 Å². The molecule has 1 heterocycles. The Labute approximate surface area is 338 Å². The number of nitrogens with one attached hydrogen (secondary N) is 1. The van der Waals surface area contributed by atoms with Crippen LogP contribution >= 0.6 is 0 Å². The van der Waals surface area contributed by atoms with E-state index in [4.69, 9.17) is 9.47 Å². The van der Waals surface area contributed by atoms with Crippen molar-refractivity contribution in [3.8, 4) is 0 Å². The SMILES string of the molecule is CCCCCCCCCCCCCCCCCCC(=O)NC(COC1OC(CO)C(O)C(O)C1O)C(O)CCCCCCCCCCCCCCCCCC. The van der Waals surface area contributed by atoms with Gasteiger partial charge in [0, 0.05) is 6.42 Å². The minimum absolute atomic E-state index is 0.132. The van der Waals surface area contributed by atoms with Crippen molar-refractivity contribution in [3.05, 3.63) is 0 Å². The Hall–Kier alpha value is -0.810. The zero-order chi connectivity index (χ0) is 40.2. The summed E-state index contributed by atoms with van der Waals surface area (Å²) in [5.41, 5.74) is 0. The molecule has 0 spiro atoms. The summed E-state index contributed by atoms with van der Waals surface area (Å²) in [5.74, 6) is -0.140. The van der Waals surface area contributed by atoms with Gasteiger partial charge in [-0.25, -0.2) is 0 Å². The maximum absolute atomic E-state index is 13.0. The lowest BCUT2D eigenvalue weighted by Gasteiger charge is -2.40. The van der Waals surface area contributed by atoms with Crippen LogP contribution in [0, 0.1) is 0 Å². The molecule has 0 aliphatic carbocycles. The van der Waals surface area contributed by atoms with Gasteiger partial charge in [-0.05, 0) is 12.8 Å². The van der Waals surface area contributed by atoms with Crippen molar-refractivity contribution >= 4 is 5.91 Å². The number of hydrogen-bond acceptors (Lipinski definition) is 8. The summed E-state index contributed by atoms with van der Waals surface area (Å²) < 4.78 is 11.3. The van der Waals surface area contributed by atoms with Gasteiger partial charge >= 0.3 is 0 Å². The van der Waals surface area contributed by atoms with Crippen molar-refractivity contribution < 1.29 is 39.8 Å². The van der Waals surface area contributed by atoms with E-state index in [1.165, 1.54) is 167 Å². The average Bonchev–Trinajstić information content (AvgIpc) is 3.18. The molecule has 1 aliphatic heterocycles. The highest BCUT2D eigenvalue weighted by Gasteiger charge is 2.44. The van der Waals surface area contributed by atoms with Crippen LogP contribution in [-0.2, 0) is 14.3 Å². The minimum atomic E-state index is -1.55. The van der Waals surface area contributed by atoms with E-state index >= 15 is 0 Å². The Morgan fingerprint density at radius 3 is 1.29 bits per heavy atom. The average molecular weight is 786 g/mol. The van der Waals surface area contributed by atoms with Crippen molar-refractivity contribution in [1.29, 1.82) is 0 Å². The van der Waals surface area contributed by atoms with Crippen LogP contribution in [0.4, 0.5) is 0 Å². The molecular weight excluding hydrogens is 695 g/mol. The fourth-order valence-corrected chi connectivity index (χ4v) is 7.87. The molecule has 55 heavy (non-hydrogen) atoms. The van der Waals surface area contributed by atoms with Crippen molar-refractivity contribution in [1.82, 2.24) is 5.32 Å². The Kier molecular flexibility index (Phi) is 35.6. The first-order chi connectivity index (χ1) is 26.8. The largest absolute Gasteiger partial charge is 0.394 e. The smallest absolute Gasteiger partial charge is 0.220 e. The number of amides is 1. The van der Waals surface area contributed by atoms with E-state index in [2.05, 4.69) is 19.2 Å². The first-order valence-corrected chi connectivity index (χ1v) is 23.7.